The van der Waals surface area contributed by atoms with Crippen molar-refractivity contribution in [3.63, 3.8) is 0 Å². The van der Waals surface area contributed by atoms with E-state index in [-0.39, 0.29) is 5.91 Å². The van der Waals surface area contributed by atoms with Gasteiger partial charge in [-0.1, -0.05) is 31.2 Å². The first-order valence-electron chi connectivity index (χ1n) is 10.8. The number of fused-ring (bicyclic) bond motifs is 1. The Labute approximate surface area is 177 Å². The van der Waals surface area contributed by atoms with E-state index >= 15 is 0 Å². The van der Waals surface area contributed by atoms with Crippen molar-refractivity contribution in [1.29, 1.82) is 0 Å². The Balaban J connectivity index is 1.42. The minimum atomic E-state index is 0.148. The molecule has 1 aliphatic heterocycles. The Hall–Kier alpha value is -2.89. The zero-order valence-electron chi connectivity index (χ0n) is 18.1. The van der Waals surface area contributed by atoms with Crippen LogP contribution in [0.5, 0.6) is 0 Å². The number of amides is 1. The van der Waals surface area contributed by atoms with Crippen molar-refractivity contribution in [2.45, 2.75) is 52.6 Å². The molecule has 0 bridgehead atoms. The summed E-state index contributed by atoms with van der Waals surface area (Å²) in [6, 6.07) is 8.68. The summed E-state index contributed by atoms with van der Waals surface area (Å²) < 4.78 is 4.07. The van der Waals surface area contributed by atoms with Crippen LogP contribution < -0.4 is 0 Å². The summed E-state index contributed by atoms with van der Waals surface area (Å²) in [4.78, 5) is 13.9. The topological polar surface area (TPSA) is 56.0 Å². The van der Waals surface area contributed by atoms with Crippen LogP contribution in [0.1, 0.15) is 49.2 Å². The molecule has 30 heavy (non-hydrogen) atoms. The lowest BCUT2D eigenvalue weighted by atomic mass is 9.99. The van der Waals surface area contributed by atoms with Gasteiger partial charge in [0.1, 0.15) is 0 Å². The molecule has 1 saturated carbocycles. The van der Waals surface area contributed by atoms with Crippen LogP contribution >= 0.6 is 0 Å². The van der Waals surface area contributed by atoms with Gasteiger partial charge in [-0.05, 0) is 29.4 Å². The molecule has 0 unspecified atom stereocenters. The minimum absolute atomic E-state index is 0.148. The molecule has 1 amide bonds. The van der Waals surface area contributed by atoms with Gasteiger partial charge in [0.2, 0.25) is 5.91 Å². The number of hydrogen-bond donors (Lipinski definition) is 0. The highest BCUT2D eigenvalue weighted by atomic mass is 16.2. The van der Waals surface area contributed by atoms with Crippen LogP contribution in [0.15, 0.2) is 36.7 Å². The number of nitrogens with zero attached hydrogens (tertiary/aromatic N) is 5. The molecule has 1 fully saturated rings. The molecule has 0 radical (unpaired) electrons. The Kier molecular flexibility index (Phi) is 4.53. The molecular weight excluding hydrogens is 374 g/mol. The molecule has 0 N–H and O–H groups in total. The average Bonchev–Trinajstić information content (AvgIpc) is 3.15. The fourth-order valence-corrected chi connectivity index (χ4v) is 4.42. The third kappa shape index (κ3) is 3.66. The van der Waals surface area contributed by atoms with Gasteiger partial charge in [-0.15, -0.1) is 0 Å². The molecule has 1 aliphatic carbocycles. The second-order valence-electron chi connectivity index (χ2n) is 9.31. The minimum Gasteiger partial charge on any atom is -0.338 e. The van der Waals surface area contributed by atoms with Crippen LogP contribution in [0, 0.1) is 5.41 Å². The molecule has 0 atom stereocenters. The maximum atomic E-state index is 12.0. The van der Waals surface area contributed by atoms with Gasteiger partial charge in [-0.3, -0.25) is 14.2 Å². The molecule has 6 heteroatoms. The molecule has 2 aromatic heterocycles. The fourth-order valence-electron chi connectivity index (χ4n) is 4.42. The number of hydrogen-bond acceptors (Lipinski definition) is 3. The number of carbonyl (C=O) groups excluding carboxylic acids is 1. The summed E-state index contributed by atoms with van der Waals surface area (Å²) >= 11 is 0. The molecule has 156 valence electrons. The monoisotopic (exact) mass is 403 g/mol. The van der Waals surface area contributed by atoms with Gasteiger partial charge < -0.3 is 4.90 Å². The maximum absolute atomic E-state index is 12.0. The van der Waals surface area contributed by atoms with Gasteiger partial charge in [0.25, 0.3) is 0 Å². The molecule has 5 rings (SSSR count). The predicted octanol–water partition coefficient (Wildman–Crippen LogP) is 3.58. The zero-order valence-corrected chi connectivity index (χ0v) is 18.1. The van der Waals surface area contributed by atoms with Gasteiger partial charge >= 0.3 is 0 Å². The normalized spacial score (nSPS) is 17.1. The molecule has 0 saturated heterocycles. The third-order valence-corrected chi connectivity index (χ3v) is 6.66. The lowest BCUT2D eigenvalue weighted by Crippen LogP contribution is -2.35. The summed E-state index contributed by atoms with van der Waals surface area (Å²) in [7, 11) is 1.93. The van der Waals surface area contributed by atoms with Crippen LogP contribution in [-0.4, -0.2) is 36.9 Å². The fraction of sp³-hybridized carbons (Fsp3) is 0.458. The first-order valence-corrected chi connectivity index (χ1v) is 10.8. The summed E-state index contributed by atoms with van der Waals surface area (Å²) in [5.41, 5.74) is 7.66. The number of rotatable bonds is 5. The van der Waals surface area contributed by atoms with Crippen LogP contribution in [-0.2, 0) is 37.8 Å². The SMILES string of the molecule is CC(=O)N1CCc2c(c(Cc3ccc(-c4cnn(C)c4)cc3)nn2CC2(C)CC2)C1. The summed E-state index contributed by atoms with van der Waals surface area (Å²) in [6.07, 6.45) is 8.19. The van der Waals surface area contributed by atoms with Gasteiger partial charge in [-0.2, -0.15) is 10.2 Å². The Morgan fingerprint density at radius 2 is 1.93 bits per heavy atom. The highest BCUT2D eigenvalue weighted by Crippen LogP contribution is 2.46. The first kappa shape index (κ1) is 19.1. The van der Waals surface area contributed by atoms with Crippen LogP contribution in [0.3, 0.4) is 0 Å². The van der Waals surface area contributed by atoms with E-state index in [1.165, 1.54) is 35.2 Å². The molecule has 3 aromatic rings. The number of benzene rings is 1. The molecule has 1 aromatic carbocycles. The number of aryl methyl sites for hydroxylation is 1. The Bertz CT molecular complexity index is 1090. The van der Waals surface area contributed by atoms with E-state index in [1.807, 2.05) is 29.0 Å². The van der Waals surface area contributed by atoms with E-state index in [0.717, 1.165) is 37.2 Å². The highest BCUT2D eigenvalue weighted by molar-refractivity contribution is 5.73. The summed E-state index contributed by atoms with van der Waals surface area (Å²) in [6.45, 7) is 6.49. The van der Waals surface area contributed by atoms with Gasteiger partial charge in [0, 0.05) is 69.5 Å². The van der Waals surface area contributed by atoms with Crippen LogP contribution in [0.2, 0.25) is 0 Å². The quantitative estimate of drug-likeness (QED) is 0.654. The van der Waals surface area contributed by atoms with Crippen molar-refractivity contribution in [2.75, 3.05) is 6.54 Å². The second kappa shape index (κ2) is 7.11. The molecule has 2 aliphatic rings. The van der Waals surface area contributed by atoms with Crippen molar-refractivity contribution < 1.29 is 4.79 Å². The van der Waals surface area contributed by atoms with E-state index < -0.39 is 0 Å². The van der Waals surface area contributed by atoms with E-state index in [0.29, 0.717) is 12.0 Å². The van der Waals surface area contributed by atoms with Crippen molar-refractivity contribution >= 4 is 5.91 Å². The Morgan fingerprint density at radius 3 is 2.57 bits per heavy atom. The van der Waals surface area contributed by atoms with Crippen LogP contribution in [0.25, 0.3) is 11.1 Å². The van der Waals surface area contributed by atoms with Crippen molar-refractivity contribution in [3.8, 4) is 11.1 Å². The third-order valence-electron chi connectivity index (χ3n) is 6.66. The summed E-state index contributed by atoms with van der Waals surface area (Å²) in [5, 5.41) is 9.32. The van der Waals surface area contributed by atoms with Gasteiger partial charge in [0.15, 0.2) is 0 Å². The second-order valence-corrected chi connectivity index (χ2v) is 9.31. The largest absolute Gasteiger partial charge is 0.338 e. The van der Waals surface area contributed by atoms with E-state index in [9.17, 15) is 4.79 Å². The van der Waals surface area contributed by atoms with Gasteiger partial charge in [-0.25, -0.2) is 0 Å². The van der Waals surface area contributed by atoms with E-state index in [1.54, 1.807) is 6.92 Å². The average molecular weight is 404 g/mol. The number of carbonyl (C=O) groups is 1. The first-order chi connectivity index (χ1) is 14.4. The van der Waals surface area contributed by atoms with Crippen molar-refractivity contribution in [2.24, 2.45) is 12.5 Å². The zero-order chi connectivity index (χ0) is 20.9. The standard InChI is InChI=1S/C24H29N5O/c1-17(30)28-11-8-23-21(15-28)22(26-29(23)16-24(2)9-10-24)12-18-4-6-19(7-5-18)20-13-25-27(3)14-20/h4-7,13-14H,8-12,15-16H2,1-3H3. The highest BCUT2D eigenvalue weighted by Gasteiger charge is 2.39. The smallest absolute Gasteiger partial charge is 0.219 e. The molecule has 6 nitrogen and oxygen atoms in total. The van der Waals surface area contributed by atoms with E-state index in [2.05, 4.69) is 41.0 Å². The maximum Gasteiger partial charge on any atom is 0.219 e. The van der Waals surface area contributed by atoms with Crippen molar-refractivity contribution in [1.82, 2.24) is 24.5 Å². The lowest BCUT2D eigenvalue weighted by Gasteiger charge is -2.27. The summed E-state index contributed by atoms with van der Waals surface area (Å²) in [5.74, 6) is 0.148. The molecular formula is C24H29N5O. The predicted molar refractivity (Wildman–Crippen MR) is 116 cm³/mol. The molecule has 0 spiro atoms. The molecule has 3 heterocycles. The van der Waals surface area contributed by atoms with Gasteiger partial charge in [0.05, 0.1) is 11.9 Å². The van der Waals surface area contributed by atoms with E-state index in [4.69, 9.17) is 5.10 Å². The van der Waals surface area contributed by atoms with Crippen molar-refractivity contribution in [3.05, 3.63) is 59.2 Å². The van der Waals surface area contributed by atoms with Crippen LogP contribution in [0.4, 0.5) is 0 Å². The lowest BCUT2D eigenvalue weighted by molar-refractivity contribution is -0.129. The Morgan fingerprint density at radius 1 is 1.17 bits per heavy atom. The number of aromatic nitrogens is 4.